The molecule has 174 valence electrons. The molecule has 0 aliphatic heterocycles. The molecule has 0 saturated heterocycles. The average molecular weight is 467 g/mol. The molecule has 0 spiro atoms. The lowest BCUT2D eigenvalue weighted by molar-refractivity contribution is 0.0527. The average Bonchev–Trinajstić information content (AvgIpc) is 3.50. The Bertz CT molecular complexity index is 1520. The highest BCUT2D eigenvalue weighted by molar-refractivity contribution is 6.10. The molecule has 0 unspecified atom stereocenters. The normalized spacial score (nSPS) is 10.9. The maximum Gasteiger partial charge on any atom is 0.343 e. The standard InChI is InChI=1S/C26H22N6O3/c1-3-35-26(34)21-16-28-31(19-7-5-4-6-8-19)24(21)30-25(33)20-15-29-32-22(13-14-27-23(20)32)18-11-9-17(2)10-12-18/h4-16H,3H2,1-2H3,(H,30,33). The summed E-state index contributed by atoms with van der Waals surface area (Å²) in [5, 5.41) is 11.6. The second kappa shape index (κ2) is 9.22. The highest BCUT2D eigenvalue weighted by Gasteiger charge is 2.24. The van der Waals surface area contributed by atoms with Crippen molar-refractivity contribution in [3.63, 3.8) is 0 Å². The van der Waals surface area contributed by atoms with Gasteiger partial charge in [0.15, 0.2) is 11.5 Å². The van der Waals surface area contributed by atoms with Gasteiger partial charge in [0.25, 0.3) is 5.91 Å². The van der Waals surface area contributed by atoms with E-state index in [1.807, 2.05) is 67.6 Å². The van der Waals surface area contributed by atoms with Crippen LogP contribution in [0.3, 0.4) is 0 Å². The summed E-state index contributed by atoms with van der Waals surface area (Å²) in [5.74, 6) is -0.852. The number of benzene rings is 2. The van der Waals surface area contributed by atoms with Gasteiger partial charge in [-0.1, -0.05) is 48.0 Å². The van der Waals surface area contributed by atoms with E-state index in [0.29, 0.717) is 11.3 Å². The minimum absolute atomic E-state index is 0.147. The van der Waals surface area contributed by atoms with Crippen LogP contribution < -0.4 is 5.32 Å². The van der Waals surface area contributed by atoms with Crippen LogP contribution in [0.2, 0.25) is 0 Å². The van der Waals surface area contributed by atoms with Gasteiger partial charge in [0, 0.05) is 11.8 Å². The van der Waals surface area contributed by atoms with Gasteiger partial charge in [-0.25, -0.2) is 19.0 Å². The second-order valence-corrected chi connectivity index (χ2v) is 7.82. The lowest BCUT2D eigenvalue weighted by atomic mass is 10.1. The number of nitrogens with zero attached hydrogens (tertiary/aromatic N) is 5. The molecule has 0 fully saturated rings. The molecule has 35 heavy (non-hydrogen) atoms. The smallest absolute Gasteiger partial charge is 0.343 e. The molecule has 0 saturated carbocycles. The van der Waals surface area contributed by atoms with Gasteiger partial charge in [0.2, 0.25) is 0 Å². The third-order valence-corrected chi connectivity index (χ3v) is 5.49. The lowest BCUT2D eigenvalue weighted by Crippen LogP contribution is -2.18. The van der Waals surface area contributed by atoms with Crippen LogP contribution in [0.25, 0.3) is 22.6 Å². The van der Waals surface area contributed by atoms with Crippen molar-refractivity contribution in [2.45, 2.75) is 13.8 Å². The summed E-state index contributed by atoms with van der Waals surface area (Å²) in [4.78, 5) is 30.3. The van der Waals surface area contributed by atoms with Gasteiger partial charge < -0.3 is 10.1 Å². The van der Waals surface area contributed by atoms with Crippen LogP contribution in [0.1, 0.15) is 33.2 Å². The number of hydrogen-bond acceptors (Lipinski definition) is 6. The number of esters is 1. The van der Waals surface area contributed by atoms with Crippen molar-refractivity contribution in [2.75, 3.05) is 11.9 Å². The zero-order valence-electron chi connectivity index (χ0n) is 19.2. The Morgan fingerprint density at radius 2 is 1.69 bits per heavy atom. The summed E-state index contributed by atoms with van der Waals surface area (Å²) < 4.78 is 8.27. The van der Waals surface area contributed by atoms with Crippen molar-refractivity contribution in [1.82, 2.24) is 24.4 Å². The first-order chi connectivity index (χ1) is 17.1. The van der Waals surface area contributed by atoms with Crippen molar-refractivity contribution in [2.24, 2.45) is 0 Å². The number of aryl methyl sites for hydroxylation is 1. The molecule has 2 aromatic carbocycles. The Kier molecular flexibility index (Phi) is 5.80. The van der Waals surface area contributed by atoms with Gasteiger partial charge in [-0.3, -0.25) is 4.79 Å². The van der Waals surface area contributed by atoms with E-state index in [-0.39, 0.29) is 23.6 Å². The summed E-state index contributed by atoms with van der Waals surface area (Å²) in [6.45, 7) is 3.93. The number of ether oxygens (including phenoxy) is 1. The molecular formula is C26H22N6O3. The van der Waals surface area contributed by atoms with Crippen LogP contribution in [0.15, 0.2) is 79.3 Å². The van der Waals surface area contributed by atoms with Crippen LogP contribution in [0.4, 0.5) is 5.82 Å². The largest absolute Gasteiger partial charge is 0.462 e. The van der Waals surface area contributed by atoms with Gasteiger partial charge in [0.05, 0.1) is 30.4 Å². The number of rotatable bonds is 6. The summed E-state index contributed by atoms with van der Waals surface area (Å²) >= 11 is 0. The molecule has 0 radical (unpaired) electrons. The minimum atomic E-state index is -0.579. The van der Waals surface area contributed by atoms with E-state index >= 15 is 0 Å². The first kappa shape index (κ1) is 22.0. The Hall–Kier alpha value is -4.79. The third-order valence-electron chi connectivity index (χ3n) is 5.49. The quantitative estimate of drug-likeness (QED) is 0.374. The van der Waals surface area contributed by atoms with Crippen LogP contribution in [0, 0.1) is 6.92 Å². The molecule has 3 heterocycles. The molecular weight excluding hydrogens is 444 g/mol. The fourth-order valence-corrected chi connectivity index (χ4v) is 3.76. The highest BCUT2D eigenvalue weighted by atomic mass is 16.5. The number of amides is 1. The first-order valence-corrected chi connectivity index (χ1v) is 11.1. The molecule has 9 nitrogen and oxygen atoms in total. The Morgan fingerprint density at radius 3 is 2.43 bits per heavy atom. The zero-order valence-corrected chi connectivity index (χ0v) is 19.2. The molecule has 5 aromatic rings. The van der Waals surface area contributed by atoms with Gasteiger partial charge in [-0.2, -0.15) is 10.2 Å². The SMILES string of the molecule is CCOC(=O)c1cnn(-c2ccccc2)c1NC(=O)c1cnn2c(-c3ccc(C)cc3)ccnc12. The lowest BCUT2D eigenvalue weighted by Gasteiger charge is -2.11. The maximum absolute atomic E-state index is 13.4. The number of nitrogens with one attached hydrogen (secondary N) is 1. The van der Waals surface area contributed by atoms with Crippen LogP contribution in [-0.4, -0.2) is 42.9 Å². The monoisotopic (exact) mass is 466 g/mol. The van der Waals surface area contributed by atoms with Crippen molar-refractivity contribution in [3.05, 3.63) is 95.9 Å². The first-order valence-electron chi connectivity index (χ1n) is 11.1. The van der Waals surface area contributed by atoms with E-state index in [0.717, 1.165) is 16.8 Å². The number of hydrogen-bond donors (Lipinski definition) is 1. The second-order valence-electron chi connectivity index (χ2n) is 7.82. The topological polar surface area (TPSA) is 103 Å². The molecule has 0 aliphatic rings. The summed E-state index contributed by atoms with van der Waals surface area (Å²) in [6, 6.07) is 19.1. The number of anilines is 1. The molecule has 3 aromatic heterocycles. The fourth-order valence-electron chi connectivity index (χ4n) is 3.76. The van der Waals surface area contributed by atoms with Crippen LogP contribution >= 0.6 is 0 Å². The number of fused-ring (bicyclic) bond motifs is 1. The fraction of sp³-hybridized carbons (Fsp3) is 0.115. The van der Waals surface area contributed by atoms with E-state index < -0.39 is 11.9 Å². The molecule has 1 N–H and O–H groups in total. The summed E-state index contributed by atoms with van der Waals surface area (Å²) in [5.41, 5.74) is 4.37. The number of carbonyl (C=O) groups is 2. The molecule has 0 atom stereocenters. The molecule has 9 heteroatoms. The molecule has 5 rings (SSSR count). The van der Waals surface area contributed by atoms with E-state index in [9.17, 15) is 9.59 Å². The summed E-state index contributed by atoms with van der Waals surface area (Å²) in [7, 11) is 0. The predicted octanol–water partition coefficient (Wildman–Crippen LogP) is 4.32. The number of para-hydroxylation sites is 1. The highest BCUT2D eigenvalue weighted by Crippen LogP contribution is 2.24. The van der Waals surface area contributed by atoms with Crippen molar-refractivity contribution >= 4 is 23.3 Å². The third kappa shape index (κ3) is 4.15. The van der Waals surface area contributed by atoms with Crippen molar-refractivity contribution in [1.29, 1.82) is 0 Å². The molecule has 1 amide bonds. The van der Waals surface area contributed by atoms with Crippen LogP contribution in [0.5, 0.6) is 0 Å². The van der Waals surface area contributed by atoms with Gasteiger partial charge >= 0.3 is 5.97 Å². The van der Waals surface area contributed by atoms with Gasteiger partial charge in [0.1, 0.15) is 11.1 Å². The predicted molar refractivity (Wildman–Crippen MR) is 131 cm³/mol. The molecule has 0 aliphatic carbocycles. The summed E-state index contributed by atoms with van der Waals surface area (Å²) in [6.07, 6.45) is 4.48. The van der Waals surface area contributed by atoms with Gasteiger partial charge in [-0.05, 0) is 32.0 Å². The van der Waals surface area contributed by atoms with Gasteiger partial charge in [-0.15, -0.1) is 0 Å². The Labute approximate surface area is 201 Å². The Morgan fingerprint density at radius 1 is 0.943 bits per heavy atom. The van der Waals surface area contributed by atoms with E-state index in [2.05, 4.69) is 20.5 Å². The zero-order chi connectivity index (χ0) is 24.4. The van der Waals surface area contributed by atoms with Crippen molar-refractivity contribution < 1.29 is 14.3 Å². The number of carbonyl (C=O) groups excluding carboxylic acids is 2. The van der Waals surface area contributed by atoms with E-state index in [1.165, 1.54) is 17.1 Å². The van der Waals surface area contributed by atoms with E-state index in [1.54, 1.807) is 17.6 Å². The minimum Gasteiger partial charge on any atom is -0.462 e. The van der Waals surface area contributed by atoms with E-state index in [4.69, 9.17) is 4.74 Å². The molecule has 0 bridgehead atoms. The van der Waals surface area contributed by atoms with Crippen molar-refractivity contribution in [3.8, 4) is 16.9 Å². The number of aromatic nitrogens is 5. The Balaban J connectivity index is 1.54. The van der Waals surface area contributed by atoms with Crippen LogP contribution in [-0.2, 0) is 4.74 Å². The maximum atomic E-state index is 13.4.